The molecule has 0 radical (unpaired) electrons. The van der Waals surface area contributed by atoms with E-state index in [1.54, 1.807) is 0 Å². The second-order valence-corrected chi connectivity index (χ2v) is 7.86. The van der Waals surface area contributed by atoms with Crippen LogP contribution in [0.1, 0.15) is 34.9 Å². The number of halogens is 1. The molecule has 3 aromatic rings. The fraction of sp³-hybridized carbons (Fsp3) is 0.143. The van der Waals surface area contributed by atoms with Crippen LogP contribution in [-0.4, -0.2) is 0 Å². The highest BCUT2D eigenvalue weighted by Gasteiger charge is 2.45. The lowest BCUT2D eigenvalue weighted by Crippen LogP contribution is -2.25. The van der Waals surface area contributed by atoms with Crippen LogP contribution in [0.2, 0.25) is 0 Å². The van der Waals surface area contributed by atoms with Crippen molar-refractivity contribution in [3.05, 3.63) is 93.7 Å². The number of fused-ring (bicyclic) bond motifs is 1. The Kier molecular flexibility index (Phi) is 3.90. The van der Waals surface area contributed by atoms with Gasteiger partial charge in [-0.15, -0.1) is 11.3 Å². The molecule has 1 aromatic heterocycles. The molecule has 1 atom stereocenters. The molecule has 1 aliphatic rings. The van der Waals surface area contributed by atoms with E-state index in [0.717, 1.165) is 6.42 Å². The van der Waals surface area contributed by atoms with Crippen molar-refractivity contribution in [2.45, 2.75) is 18.8 Å². The fourth-order valence-corrected chi connectivity index (χ4v) is 6.06. The van der Waals surface area contributed by atoms with E-state index in [9.17, 15) is 0 Å². The van der Waals surface area contributed by atoms with E-state index in [-0.39, 0.29) is 5.41 Å². The van der Waals surface area contributed by atoms with Gasteiger partial charge in [0.1, 0.15) is 0 Å². The predicted octanol–water partition coefficient (Wildman–Crippen LogP) is 6.76. The SMILES string of the molecule is CCC1(c2cccs2)C(c2ccccc2)=C(I)c2ccccc21. The molecular weight excluding hydrogens is 411 g/mol. The topological polar surface area (TPSA) is 0 Å². The molecular formula is C21H17IS. The van der Waals surface area contributed by atoms with Gasteiger partial charge in [-0.25, -0.2) is 0 Å². The van der Waals surface area contributed by atoms with Crippen molar-refractivity contribution in [1.29, 1.82) is 0 Å². The Labute approximate surface area is 155 Å². The second-order valence-electron chi connectivity index (χ2n) is 5.84. The molecule has 0 aliphatic heterocycles. The van der Waals surface area contributed by atoms with Crippen LogP contribution in [0.4, 0.5) is 0 Å². The Morgan fingerprint density at radius 1 is 0.913 bits per heavy atom. The lowest BCUT2D eigenvalue weighted by molar-refractivity contribution is 0.659. The van der Waals surface area contributed by atoms with E-state index in [2.05, 4.69) is 102 Å². The Bertz CT molecular complexity index is 862. The molecule has 0 saturated heterocycles. The highest BCUT2D eigenvalue weighted by molar-refractivity contribution is 14.1. The summed E-state index contributed by atoms with van der Waals surface area (Å²) in [4.78, 5) is 1.44. The van der Waals surface area contributed by atoms with Crippen LogP contribution in [0.15, 0.2) is 72.1 Å². The van der Waals surface area contributed by atoms with Crippen LogP contribution in [0.25, 0.3) is 9.15 Å². The Hall–Kier alpha value is -1.39. The molecule has 0 saturated carbocycles. The minimum absolute atomic E-state index is 0.0252. The molecule has 2 heteroatoms. The molecule has 0 fully saturated rings. The van der Waals surface area contributed by atoms with E-state index in [1.165, 1.54) is 30.7 Å². The summed E-state index contributed by atoms with van der Waals surface area (Å²) in [6.07, 6.45) is 1.07. The smallest absolute Gasteiger partial charge is 0.0565 e. The maximum atomic E-state index is 2.55. The summed E-state index contributed by atoms with van der Waals surface area (Å²) in [6, 6.07) is 24.3. The quantitative estimate of drug-likeness (QED) is 0.405. The molecule has 1 unspecified atom stereocenters. The first kappa shape index (κ1) is 15.2. The summed E-state index contributed by atoms with van der Waals surface area (Å²) in [7, 11) is 0. The highest BCUT2D eigenvalue weighted by Crippen LogP contribution is 2.58. The zero-order valence-corrected chi connectivity index (χ0v) is 15.9. The Morgan fingerprint density at radius 3 is 2.35 bits per heavy atom. The summed E-state index contributed by atoms with van der Waals surface area (Å²) in [5.41, 5.74) is 5.62. The Balaban J connectivity index is 2.08. The van der Waals surface area contributed by atoms with Crippen LogP contribution in [-0.2, 0) is 5.41 Å². The molecule has 0 N–H and O–H groups in total. The van der Waals surface area contributed by atoms with Crippen LogP contribution in [0, 0.1) is 0 Å². The number of hydrogen-bond acceptors (Lipinski definition) is 1. The van der Waals surface area contributed by atoms with Crippen molar-refractivity contribution in [3.63, 3.8) is 0 Å². The molecule has 1 heterocycles. The third-order valence-electron chi connectivity index (χ3n) is 4.80. The number of rotatable bonds is 3. The summed E-state index contributed by atoms with van der Waals surface area (Å²) in [5.74, 6) is 0. The zero-order chi connectivity index (χ0) is 15.9. The minimum atomic E-state index is -0.0252. The van der Waals surface area contributed by atoms with E-state index in [1.807, 2.05) is 11.3 Å². The third kappa shape index (κ3) is 2.15. The molecule has 0 nitrogen and oxygen atoms in total. The minimum Gasteiger partial charge on any atom is -0.148 e. The van der Waals surface area contributed by atoms with Crippen molar-refractivity contribution >= 4 is 43.1 Å². The molecule has 4 rings (SSSR count). The van der Waals surface area contributed by atoms with Gasteiger partial charge in [-0.05, 0) is 62.7 Å². The molecule has 0 spiro atoms. The maximum absolute atomic E-state index is 2.55. The standard InChI is InChI=1S/C21H17IS/c1-2-21(18-13-8-14-23-18)17-12-7-6-11-16(17)20(22)19(21)15-9-4-3-5-10-15/h3-14H,2H2,1H3. The zero-order valence-electron chi connectivity index (χ0n) is 12.9. The van der Waals surface area contributed by atoms with Gasteiger partial charge in [0.2, 0.25) is 0 Å². The van der Waals surface area contributed by atoms with E-state index < -0.39 is 0 Å². The average molecular weight is 428 g/mol. The first-order valence-corrected chi connectivity index (χ1v) is 9.84. The number of benzene rings is 2. The van der Waals surface area contributed by atoms with Crippen LogP contribution < -0.4 is 0 Å². The molecule has 114 valence electrons. The summed E-state index contributed by atoms with van der Waals surface area (Å²) in [6.45, 7) is 2.31. The number of hydrogen-bond donors (Lipinski definition) is 0. The second kappa shape index (κ2) is 5.91. The summed E-state index contributed by atoms with van der Waals surface area (Å²) < 4.78 is 1.39. The summed E-state index contributed by atoms with van der Waals surface area (Å²) >= 11 is 4.42. The first-order valence-electron chi connectivity index (χ1n) is 7.88. The highest BCUT2D eigenvalue weighted by atomic mass is 127. The monoisotopic (exact) mass is 428 g/mol. The van der Waals surface area contributed by atoms with Gasteiger partial charge in [0.25, 0.3) is 0 Å². The molecule has 0 amide bonds. The van der Waals surface area contributed by atoms with Crippen molar-refractivity contribution in [3.8, 4) is 0 Å². The molecule has 23 heavy (non-hydrogen) atoms. The Morgan fingerprint density at radius 2 is 1.65 bits per heavy atom. The third-order valence-corrected chi connectivity index (χ3v) is 6.96. The van der Waals surface area contributed by atoms with Crippen molar-refractivity contribution < 1.29 is 0 Å². The van der Waals surface area contributed by atoms with Crippen molar-refractivity contribution in [1.82, 2.24) is 0 Å². The normalized spacial score (nSPS) is 19.9. The number of thiophene rings is 1. The average Bonchev–Trinajstić information content (AvgIpc) is 3.22. The van der Waals surface area contributed by atoms with Gasteiger partial charge in [0.15, 0.2) is 0 Å². The molecule has 2 aromatic carbocycles. The lowest BCUT2D eigenvalue weighted by Gasteiger charge is -2.32. The van der Waals surface area contributed by atoms with Crippen LogP contribution in [0.3, 0.4) is 0 Å². The first-order chi connectivity index (χ1) is 11.3. The van der Waals surface area contributed by atoms with Crippen molar-refractivity contribution in [2.75, 3.05) is 0 Å². The van der Waals surface area contributed by atoms with Gasteiger partial charge in [0, 0.05) is 8.46 Å². The van der Waals surface area contributed by atoms with Gasteiger partial charge in [-0.2, -0.15) is 0 Å². The van der Waals surface area contributed by atoms with Gasteiger partial charge in [0.05, 0.1) is 5.41 Å². The maximum Gasteiger partial charge on any atom is 0.0565 e. The predicted molar refractivity (Wildman–Crippen MR) is 109 cm³/mol. The van der Waals surface area contributed by atoms with Gasteiger partial charge < -0.3 is 0 Å². The van der Waals surface area contributed by atoms with Crippen LogP contribution >= 0.6 is 33.9 Å². The lowest BCUT2D eigenvalue weighted by atomic mass is 9.72. The molecule has 0 bridgehead atoms. The fourth-order valence-electron chi connectivity index (χ4n) is 3.80. The molecule has 1 aliphatic carbocycles. The van der Waals surface area contributed by atoms with Gasteiger partial charge in [-0.1, -0.05) is 67.6 Å². The van der Waals surface area contributed by atoms with E-state index in [0.29, 0.717) is 0 Å². The van der Waals surface area contributed by atoms with Gasteiger partial charge >= 0.3 is 0 Å². The van der Waals surface area contributed by atoms with Crippen molar-refractivity contribution in [2.24, 2.45) is 0 Å². The number of allylic oxidation sites excluding steroid dienone is 1. The van der Waals surface area contributed by atoms with Gasteiger partial charge in [-0.3, -0.25) is 0 Å². The van der Waals surface area contributed by atoms with E-state index in [4.69, 9.17) is 0 Å². The summed E-state index contributed by atoms with van der Waals surface area (Å²) in [5, 5.41) is 2.20. The largest absolute Gasteiger partial charge is 0.148 e. The van der Waals surface area contributed by atoms with Crippen LogP contribution in [0.5, 0.6) is 0 Å². The van der Waals surface area contributed by atoms with E-state index >= 15 is 0 Å².